The maximum absolute atomic E-state index is 12.4. The molecule has 0 saturated heterocycles. The third kappa shape index (κ3) is 3.84. The number of carbonyl (C=O) groups is 1. The third-order valence-corrected chi connectivity index (χ3v) is 6.17. The molecule has 2 rings (SSSR count). The molecule has 1 aromatic carbocycles. The van der Waals surface area contributed by atoms with E-state index < -0.39 is 16.0 Å². The number of hydrogen-bond donors (Lipinski definition) is 2. The number of aromatic carboxylic acids is 1. The van der Waals surface area contributed by atoms with Gasteiger partial charge in [-0.25, -0.2) is 17.9 Å². The second kappa shape index (κ2) is 6.46. The van der Waals surface area contributed by atoms with E-state index >= 15 is 0 Å². The minimum absolute atomic E-state index is 0.0204. The minimum Gasteiger partial charge on any atom is -0.478 e. The van der Waals surface area contributed by atoms with E-state index in [1.807, 2.05) is 6.92 Å². The zero-order chi connectivity index (χ0) is 15.6. The van der Waals surface area contributed by atoms with Crippen LogP contribution in [0.5, 0.6) is 0 Å². The van der Waals surface area contributed by atoms with Gasteiger partial charge in [0.1, 0.15) is 0 Å². The molecule has 1 aliphatic carbocycles. The summed E-state index contributed by atoms with van der Waals surface area (Å²) in [6.45, 7) is 1.87. The molecular weight excluding hydrogens is 358 g/mol. The van der Waals surface area contributed by atoms with E-state index in [0.29, 0.717) is 10.4 Å². The summed E-state index contributed by atoms with van der Waals surface area (Å²) in [4.78, 5) is 11.1. The average Bonchev–Trinajstić information content (AvgIpc) is 2.92. The predicted molar refractivity (Wildman–Crippen MR) is 82.8 cm³/mol. The molecule has 116 valence electrons. The highest BCUT2D eigenvalue weighted by Crippen LogP contribution is 2.28. The second-order valence-corrected chi connectivity index (χ2v) is 7.97. The molecule has 0 amide bonds. The molecule has 0 bridgehead atoms. The van der Waals surface area contributed by atoms with Gasteiger partial charge in [0.05, 0.1) is 10.5 Å². The number of halogens is 1. The number of rotatable bonds is 5. The fourth-order valence-corrected chi connectivity index (χ4v) is 4.46. The Morgan fingerprint density at radius 1 is 1.38 bits per heavy atom. The first-order valence-corrected chi connectivity index (χ1v) is 9.14. The van der Waals surface area contributed by atoms with Crippen LogP contribution in [-0.4, -0.2) is 25.5 Å². The van der Waals surface area contributed by atoms with Gasteiger partial charge in [-0.1, -0.05) is 12.8 Å². The Bertz CT molecular complexity index is 638. The summed E-state index contributed by atoms with van der Waals surface area (Å²) < 4.78 is 27.8. The van der Waals surface area contributed by atoms with Crippen molar-refractivity contribution in [2.45, 2.75) is 43.5 Å². The molecular formula is C14H18BrNO4S. The first-order chi connectivity index (χ1) is 9.81. The largest absolute Gasteiger partial charge is 0.478 e. The number of nitrogens with one attached hydrogen (secondary N) is 1. The quantitative estimate of drug-likeness (QED) is 0.828. The molecule has 1 aliphatic rings. The summed E-state index contributed by atoms with van der Waals surface area (Å²) in [6, 6.07) is 3.88. The molecule has 0 aromatic heterocycles. The van der Waals surface area contributed by atoms with Crippen LogP contribution in [-0.2, 0) is 10.0 Å². The Balaban J connectivity index is 2.23. The molecule has 1 fully saturated rings. The van der Waals surface area contributed by atoms with Crippen LogP contribution in [0.3, 0.4) is 0 Å². The summed E-state index contributed by atoms with van der Waals surface area (Å²) in [5.41, 5.74) is -0.0635. The topological polar surface area (TPSA) is 83.5 Å². The maximum atomic E-state index is 12.4. The van der Waals surface area contributed by atoms with E-state index in [2.05, 4.69) is 20.7 Å². The highest BCUT2D eigenvalue weighted by atomic mass is 79.9. The SMILES string of the molecule is C[C@@H](NS(=O)(=O)c1ccc(Br)c(C(=O)O)c1)C1CCCC1. The van der Waals surface area contributed by atoms with Gasteiger partial charge in [-0.2, -0.15) is 0 Å². The molecule has 0 radical (unpaired) electrons. The average molecular weight is 376 g/mol. The van der Waals surface area contributed by atoms with Crippen LogP contribution in [0.2, 0.25) is 0 Å². The predicted octanol–water partition coefficient (Wildman–Crippen LogP) is 3.00. The Hall–Kier alpha value is -0.920. The summed E-state index contributed by atoms with van der Waals surface area (Å²) >= 11 is 3.11. The number of carboxylic acids is 1. The second-order valence-electron chi connectivity index (χ2n) is 5.40. The van der Waals surface area contributed by atoms with Gasteiger partial charge in [0.25, 0.3) is 0 Å². The first-order valence-electron chi connectivity index (χ1n) is 6.86. The summed E-state index contributed by atoms with van der Waals surface area (Å²) in [5, 5.41) is 9.07. The van der Waals surface area contributed by atoms with Crippen LogP contribution < -0.4 is 4.72 Å². The normalized spacial score (nSPS) is 17.8. The van der Waals surface area contributed by atoms with Crippen molar-refractivity contribution in [3.8, 4) is 0 Å². The van der Waals surface area contributed by atoms with Crippen molar-refractivity contribution in [1.82, 2.24) is 4.72 Å². The van der Waals surface area contributed by atoms with Gasteiger partial charge in [0.2, 0.25) is 10.0 Å². The number of sulfonamides is 1. The number of hydrogen-bond acceptors (Lipinski definition) is 3. The lowest BCUT2D eigenvalue weighted by Gasteiger charge is -2.20. The van der Waals surface area contributed by atoms with Gasteiger partial charge < -0.3 is 5.11 Å². The van der Waals surface area contributed by atoms with E-state index in [-0.39, 0.29) is 16.5 Å². The summed E-state index contributed by atoms with van der Waals surface area (Å²) in [5.74, 6) is -0.808. The van der Waals surface area contributed by atoms with Crippen LogP contribution in [0, 0.1) is 5.92 Å². The van der Waals surface area contributed by atoms with Gasteiger partial charge in [-0.3, -0.25) is 0 Å². The molecule has 0 spiro atoms. The van der Waals surface area contributed by atoms with Crippen LogP contribution in [0.1, 0.15) is 43.0 Å². The molecule has 1 saturated carbocycles. The van der Waals surface area contributed by atoms with Crippen LogP contribution >= 0.6 is 15.9 Å². The molecule has 0 aliphatic heterocycles. The molecule has 5 nitrogen and oxygen atoms in total. The van der Waals surface area contributed by atoms with Gasteiger partial charge >= 0.3 is 5.97 Å². The molecule has 7 heteroatoms. The van der Waals surface area contributed by atoms with Gasteiger partial charge in [0, 0.05) is 10.5 Å². The molecule has 0 unspecified atom stereocenters. The fraction of sp³-hybridized carbons (Fsp3) is 0.500. The maximum Gasteiger partial charge on any atom is 0.336 e. The van der Waals surface area contributed by atoms with Crippen molar-refractivity contribution >= 4 is 31.9 Å². The number of benzene rings is 1. The van der Waals surface area contributed by atoms with E-state index in [1.54, 1.807) is 0 Å². The Kier molecular flexibility index (Phi) is 5.06. The zero-order valence-electron chi connectivity index (χ0n) is 11.7. The van der Waals surface area contributed by atoms with Crippen molar-refractivity contribution in [2.75, 3.05) is 0 Å². The van der Waals surface area contributed by atoms with Gasteiger partial charge in [0.15, 0.2) is 0 Å². The van der Waals surface area contributed by atoms with Crippen LogP contribution in [0.15, 0.2) is 27.6 Å². The Morgan fingerprint density at radius 3 is 2.57 bits per heavy atom. The summed E-state index contributed by atoms with van der Waals surface area (Å²) in [7, 11) is -3.70. The van der Waals surface area contributed by atoms with Crippen molar-refractivity contribution in [1.29, 1.82) is 0 Å². The standard InChI is InChI=1S/C14H18BrNO4S/c1-9(10-4-2-3-5-10)16-21(19,20)11-6-7-13(15)12(8-11)14(17)18/h6-10,16H,2-5H2,1H3,(H,17,18)/t9-/m1/s1. The van der Waals surface area contributed by atoms with Crippen molar-refractivity contribution in [3.63, 3.8) is 0 Å². The van der Waals surface area contributed by atoms with Crippen molar-refractivity contribution in [2.24, 2.45) is 5.92 Å². The fourth-order valence-electron chi connectivity index (χ4n) is 2.70. The minimum atomic E-state index is -3.70. The molecule has 21 heavy (non-hydrogen) atoms. The molecule has 0 heterocycles. The van der Waals surface area contributed by atoms with Gasteiger partial charge in [-0.05, 0) is 59.8 Å². The first kappa shape index (κ1) is 16.5. The third-order valence-electron chi connectivity index (χ3n) is 3.93. The van der Waals surface area contributed by atoms with E-state index in [4.69, 9.17) is 5.11 Å². The highest BCUT2D eigenvalue weighted by Gasteiger charge is 2.26. The lowest BCUT2D eigenvalue weighted by atomic mass is 10.0. The monoisotopic (exact) mass is 375 g/mol. The smallest absolute Gasteiger partial charge is 0.336 e. The Labute approximate surface area is 132 Å². The molecule has 1 atom stereocenters. The van der Waals surface area contributed by atoms with Gasteiger partial charge in [-0.15, -0.1) is 0 Å². The molecule has 1 aromatic rings. The number of carboxylic acid groups (broad SMARTS) is 1. The van der Waals surface area contributed by atoms with E-state index in [9.17, 15) is 13.2 Å². The molecule has 2 N–H and O–H groups in total. The van der Waals surface area contributed by atoms with E-state index in [0.717, 1.165) is 25.7 Å². The van der Waals surface area contributed by atoms with Crippen molar-refractivity contribution < 1.29 is 18.3 Å². The summed E-state index contributed by atoms with van der Waals surface area (Å²) in [6.07, 6.45) is 4.34. The lowest BCUT2D eigenvalue weighted by molar-refractivity contribution is 0.0695. The lowest BCUT2D eigenvalue weighted by Crippen LogP contribution is -2.37. The van der Waals surface area contributed by atoms with Crippen molar-refractivity contribution in [3.05, 3.63) is 28.2 Å². The van der Waals surface area contributed by atoms with Crippen LogP contribution in [0.25, 0.3) is 0 Å². The zero-order valence-corrected chi connectivity index (χ0v) is 14.1. The Morgan fingerprint density at radius 2 is 2.00 bits per heavy atom. The van der Waals surface area contributed by atoms with Crippen LogP contribution in [0.4, 0.5) is 0 Å². The van der Waals surface area contributed by atoms with E-state index in [1.165, 1.54) is 18.2 Å². The highest BCUT2D eigenvalue weighted by molar-refractivity contribution is 9.10.